The summed E-state index contributed by atoms with van der Waals surface area (Å²) in [5.74, 6) is 0.924. The summed E-state index contributed by atoms with van der Waals surface area (Å²) in [6, 6.07) is 11.7. The van der Waals surface area contributed by atoms with E-state index in [-0.39, 0.29) is 0 Å². The van der Waals surface area contributed by atoms with E-state index >= 15 is 0 Å². The van der Waals surface area contributed by atoms with Crippen LogP contribution in [0.2, 0.25) is 0 Å². The van der Waals surface area contributed by atoms with Crippen LogP contribution in [0.25, 0.3) is 10.8 Å². The average Bonchev–Trinajstić information content (AvgIpc) is 2.61. The summed E-state index contributed by atoms with van der Waals surface area (Å²) in [5, 5.41) is 44.7. The molecule has 0 aromatic heterocycles. The first kappa shape index (κ1) is 17.7. The van der Waals surface area contributed by atoms with Crippen LogP contribution in [0.5, 0.6) is 5.75 Å². The van der Waals surface area contributed by atoms with E-state index in [9.17, 15) is 20.4 Å². The van der Waals surface area contributed by atoms with Gasteiger partial charge in [0.05, 0.1) is 6.61 Å². The van der Waals surface area contributed by atoms with Gasteiger partial charge >= 0.3 is 0 Å². The summed E-state index contributed by atoms with van der Waals surface area (Å²) in [6.45, 7) is 1.31. The number of hydrogen-bond donors (Lipinski definition) is 5. The van der Waals surface area contributed by atoms with E-state index in [1.165, 1.54) is 0 Å². The summed E-state index contributed by atoms with van der Waals surface area (Å²) in [4.78, 5) is 0. The van der Waals surface area contributed by atoms with Crippen LogP contribution < -0.4 is 10.1 Å². The molecule has 0 aliphatic carbocycles. The fourth-order valence-electron chi connectivity index (χ4n) is 3.57. The molecule has 2 aliphatic heterocycles. The molecule has 0 saturated carbocycles. The van der Waals surface area contributed by atoms with Crippen molar-refractivity contribution in [2.75, 3.05) is 19.7 Å². The molecule has 5 N–H and O–H groups in total. The molecule has 2 aromatic rings. The van der Waals surface area contributed by atoms with Gasteiger partial charge in [-0.25, -0.2) is 0 Å². The fourth-order valence-corrected chi connectivity index (χ4v) is 3.57. The maximum Gasteiger partial charge on any atom is 0.229 e. The highest BCUT2D eigenvalue weighted by atomic mass is 16.7. The molecule has 140 valence electrons. The lowest BCUT2D eigenvalue weighted by molar-refractivity contribution is -0.277. The van der Waals surface area contributed by atoms with Crippen molar-refractivity contribution in [2.45, 2.75) is 36.6 Å². The van der Waals surface area contributed by atoms with Gasteiger partial charge in [-0.1, -0.05) is 30.3 Å². The molecule has 7 nitrogen and oxygen atoms in total. The fraction of sp³-hybridized carbons (Fsp3) is 0.474. The molecule has 0 unspecified atom stereocenters. The second-order valence-corrected chi connectivity index (χ2v) is 6.87. The highest BCUT2D eigenvalue weighted by molar-refractivity contribution is 5.92. The van der Waals surface area contributed by atoms with Crippen LogP contribution in [-0.4, -0.2) is 70.8 Å². The van der Waals surface area contributed by atoms with E-state index in [2.05, 4.69) is 11.4 Å². The minimum atomic E-state index is -1.46. The molecule has 2 aliphatic rings. The van der Waals surface area contributed by atoms with E-state index in [0.717, 1.165) is 29.4 Å². The predicted molar refractivity (Wildman–Crippen MR) is 94.0 cm³/mol. The van der Waals surface area contributed by atoms with Crippen LogP contribution in [0.3, 0.4) is 0 Å². The number of aliphatic hydroxyl groups is 4. The summed E-state index contributed by atoms with van der Waals surface area (Å²) in [6.07, 6.45) is -6.48. The Balaban J connectivity index is 1.68. The van der Waals surface area contributed by atoms with Crippen molar-refractivity contribution in [3.63, 3.8) is 0 Å². The molecule has 0 spiro atoms. The van der Waals surface area contributed by atoms with Crippen molar-refractivity contribution in [3.05, 3.63) is 42.0 Å². The van der Waals surface area contributed by atoms with Crippen molar-refractivity contribution < 1.29 is 29.9 Å². The molecule has 0 radical (unpaired) electrons. The minimum absolute atomic E-state index is 0.387. The van der Waals surface area contributed by atoms with Gasteiger partial charge in [0.1, 0.15) is 30.2 Å². The van der Waals surface area contributed by atoms with Crippen LogP contribution >= 0.6 is 0 Å². The van der Waals surface area contributed by atoms with Crippen molar-refractivity contribution in [3.8, 4) is 5.75 Å². The van der Waals surface area contributed by atoms with Crippen molar-refractivity contribution in [2.24, 2.45) is 0 Å². The Morgan fingerprint density at radius 3 is 2.38 bits per heavy atom. The molecule has 5 atom stereocenters. The van der Waals surface area contributed by atoms with Crippen LogP contribution in [0.15, 0.2) is 36.4 Å². The van der Waals surface area contributed by atoms with E-state index in [4.69, 9.17) is 9.47 Å². The van der Waals surface area contributed by atoms with Gasteiger partial charge in [0.15, 0.2) is 0 Å². The van der Waals surface area contributed by atoms with E-state index in [1.807, 2.05) is 24.3 Å². The van der Waals surface area contributed by atoms with Crippen LogP contribution in [0.1, 0.15) is 11.5 Å². The van der Waals surface area contributed by atoms with Crippen LogP contribution in [0.4, 0.5) is 0 Å². The number of nitrogens with one attached hydrogen (secondary N) is 1. The zero-order chi connectivity index (χ0) is 18.3. The number of ether oxygens (including phenoxy) is 2. The SMILES string of the molecule is OC[C@H]1O[C@@H](Oc2cccc3cccc(C4CNC4)c23)[C@H](O)[C@H](O)[C@@H]1O. The molecule has 2 heterocycles. The monoisotopic (exact) mass is 361 g/mol. The van der Waals surface area contributed by atoms with Gasteiger partial charge in [-0.15, -0.1) is 0 Å². The first-order chi connectivity index (χ1) is 12.6. The molecule has 0 amide bonds. The van der Waals surface area contributed by atoms with Crippen LogP contribution in [-0.2, 0) is 4.74 Å². The largest absolute Gasteiger partial charge is 0.461 e. The Bertz CT molecular complexity index is 772. The first-order valence-electron chi connectivity index (χ1n) is 8.79. The number of benzene rings is 2. The first-order valence-corrected chi connectivity index (χ1v) is 8.79. The standard InChI is InChI=1S/C19H23NO6/c21-9-14-16(22)17(23)18(24)19(26-14)25-13-6-2-4-10-3-1-5-12(15(10)13)11-7-20-8-11/h1-6,11,14,16-24H,7-9H2/t14-,16-,17-,18-,19-/m1/s1. The third-order valence-electron chi connectivity index (χ3n) is 5.21. The van der Waals surface area contributed by atoms with Gasteiger partial charge in [-0.3, -0.25) is 0 Å². The second kappa shape index (κ2) is 7.11. The Kier molecular flexibility index (Phi) is 4.83. The quantitative estimate of drug-likeness (QED) is 0.509. The van der Waals surface area contributed by atoms with Gasteiger partial charge < -0.3 is 35.2 Å². The third kappa shape index (κ3) is 2.96. The number of hydrogen-bond acceptors (Lipinski definition) is 7. The number of fused-ring (bicyclic) bond motifs is 1. The summed E-state index contributed by atoms with van der Waals surface area (Å²) in [5.41, 5.74) is 1.15. The molecule has 2 saturated heterocycles. The maximum atomic E-state index is 10.2. The molecule has 4 rings (SSSR count). The topological polar surface area (TPSA) is 111 Å². The van der Waals surface area contributed by atoms with Gasteiger partial charge in [-0.2, -0.15) is 0 Å². The average molecular weight is 361 g/mol. The van der Waals surface area contributed by atoms with Gasteiger partial charge in [-0.05, 0) is 17.0 Å². The third-order valence-corrected chi connectivity index (χ3v) is 5.21. The lowest BCUT2D eigenvalue weighted by atomic mass is 9.89. The molecule has 7 heteroatoms. The minimum Gasteiger partial charge on any atom is -0.461 e. The van der Waals surface area contributed by atoms with E-state index in [0.29, 0.717) is 11.7 Å². The zero-order valence-corrected chi connectivity index (χ0v) is 14.2. The lowest BCUT2D eigenvalue weighted by Crippen LogP contribution is -2.60. The van der Waals surface area contributed by atoms with Gasteiger partial charge in [0.2, 0.25) is 6.29 Å². The highest BCUT2D eigenvalue weighted by Gasteiger charge is 2.44. The van der Waals surface area contributed by atoms with Gasteiger partial charge in [0, 0.05) is 24.4 Å². The predicted octanol–water partition coefficient (Wildman–Crippen LogP) is -0.295. The molecule has 2 fully saturated rings. The van der Waals surface area contributed by atoms with E-state index in [1.54, 1.807) is 6.07 Å². The molecular formula is C19H23NO6. The lowest BCUT2D eigenvalue weighted by Gasteiger charge is -2.39. The molecule has 0 bridgehead atoms. The number of aliphatic hydroxyl groups excluding tert-OH is 4. The van der Waals surface area contributed by atoms with E-state index < -0.39 is 37.3 Å². The molecule has 2 aromatic carbocycles. The smallest absolute Gasteiger partial charge is 0.229 e. The summed E-state index contributed by atoms with van der Waals surface area (Å²) in [7, 11) is 0. The molecule has 26 heavy (non-hydrogen) atoms. The van der Waals surface area contributed by atoms with Gasteiger partial charge in [0.25, 0.3) is 0 Å². The Morgan fingerprint density at radius 1 is 1.00 bits per heavy atom. The summed E-state index contributed by atoms with van der Waals surface area (Å²) >= 11 is 0. The van der Waals surface area contributed by atoms with Crippen molar-refractivity contribution in [1.82, 2.24) is 5.32 Å². The van der Waals surface area contributed by atoms with Crippen molar-refractivity contribution in [1.29, 1.82) is 0 Å². The summed E-state index contributed by atoms with van der Waals surface area (Å²) < 4.78 is 11.4. The zero-order valence-electron chi connectivity index (χ0n) is 14.2. The number of rotatable bonds is 4. The van der Waals surface area contributed by atoms with Crippen LogP contribution in [0, 0.1) is 0 Å². The Morgan fingerprint density at radius 2 is 1.73 bits per heavy atom. The Labute approximate surface area is 150 Å². The van der Waals surface area contributed by atoms with Crippen molar-refractivity contribution >= 4 is 10.8 Å². The highest BCUT2D eigenvalue weighted by Crippen LogP contribution is 2.36. The normalized spacial score (nSPS) is 32.4. The Hall–Kier alpha value is -1.74. The maximum absolute atomic E-state index is 10.2. The second-order valence-electron chi connectivity index (χ2n) is 6.87. The molecular weight excluding hydrogens is 338 g/mol.